The minimum Gasteiger partial charge on any atom is -0.434 e. The van der Waals surface area contributed by atoms with E-state index in [2.05, 4.69) is 4.98 Å². The number of carbonyl (C=O) groups excluding carboxylic acids is 2. The van der Waals surface area contributed by atoms with Crippen LogP contribution in [0, 0.1) is 0 Å². The molecule has 0 saturated heterocycles. The van der Waals surface area contributed by atoms with Gasteiger partial charge in [-0.25, -0.2) is 9.59 Å². The molecule has 0 fully saturated rings. The average Bonchev–Trinajstić information content (AvgIpc) is 2.99. The van der Waals surface area contributed by atoms with Crippen LogP contribution in [-0.2, 0) is 23.7 Å². The van der Waals surface area contributed by atoms with Gasteiger partial charge >= 0.3 is 12.3 Å². The lowest BCUT2D eigenvalue weighted by Gasteiger charge is -2.41. The van der Waals surface area contributed by atoms with Crippen molar-refractivity contribution in [1.29, 1.82) is 0 Å². The predicted molar refractivity (Wildman–Crippen MR) is 165 cm³/mol. The number of nitrogens with zero attached hydrogens (tertiary/aromatic N) is 2. The van der Waals surface area contributed by atoms with E-state index >= 15 is 0 Å². The zero-order chi connectivity index (χ0) is 31.2. The molecule has 0 saturated carbocycles. The van der Waals surface area contributed by atoms with Crippen molar-refractivity contribution < 1.29 is 33.3 Å². The van der Waals surface area contributed by atoms with Crippen LogP contribution in [0.3, 0.4) is 0 Å². The standard InChI is InChI=1S/C33H43ClN2O7/c1-6-9-20-40-32(37)42-30-27(22-39-19-8-3)36(23(4)5)29(24-15-17-35-18-16-24)31(43-33(38)41-21-10-7-2)28(30)25-13-11-12-14-26(25)34/h11-18,23,28H,6-10,19-22H2,1-5H3. The molecular weight excluding hydrogens is 572 g/mol. The van der Waals surface area contributed by atoms with E-state index in [4.69, 9.17) is 35.3 Å². The van der Waals surface area contributed by atoms with Crippen LogP contribution in [0.2, 0.25) is 5.02 Å². The van der Waals surface area contributed by atoms with Crippen molar-refractivity contribution in [2.75, 3.05) is 26.4 Å². The Kier molecular flexibility index (Phi) is 13.8. The molecule has 2 heterocycles. The van der Waals surface area contributed by atoms with Crippen LogP contribution >= 0.6 is 11.6 Å². The number of aromatic nitrogens is 1. The number of carbonyl (C=O) groups is 2. The Morgan fingerprint density at radius 1 is 0.860 bits per heavy atom. The second-order valence-corrected chi connectivity index (χ2v) is 10.7. The Balaban J connectivity index is 2.32. The van der Waals surface area contributed by atoms with Crippen molar-refractivity contribution >= 4 is 29.6 Å². The van der Waals surface area contributed by atoms with Crippen LogP contribution in [-0.4, -0.2) is 54.7 Å². The number of hydrogen-bond donors (Lipinski definition) is 0. The molecule has 1 atom stereocenters. The number of ether oxygens (including phenoxy) is 5. The van der Waals surface area contributed by atoms with Gasteiger partial charge in [0.15, 0.2) is 5.76 Å². The molecule has 0 N–H and O–H groups in total. The number of halogens is 1. The van der Waals surface area contributed by atoms with Gasteiger partial charge in [0.25, 0.3) is 0 Å². The van der Waals surface area contributed by atoms with Crippen LogP contribution in [0.4, 0.5) is 9.59 Å². The fourth-order valence-electron chi connectivity index (χ4n) is 4.66. The van der Waals surface area contributed by atoms with Gasteiger partial charge in [0, 0.05) is 35.6 Å². The third-order valence-electron chi connectivity index (χ3n) is 6.67. The van der Waals surface area contributed by atoms with Crippen LogP contribution in [0.1, 0.15) is 83.8 Å². The predicted octanol–water partition coefficient (Wildman–Crippen LogP) is 8.46. The maximum Gasteiger partial charge on any atom is 0.513 e. The van der Waals surface area contributed by atoms with Crippen LogP contribution < -0.4 is 0 Å². The lowest BCUT2D eigenvalue weighted by molar-refractivity contribution is 0.0545. The molecule has 0 radical (unpaired) electrons. The monoisotopic (exact) mass is 614 g/mol. The highest BCUT2D eigenvalue weighted by atomic mass is 35.5. The molecule has 9 nitrogen and oxygen atoms in total. The third-order valence-corrected chi connectivity index (χ3v) is 7.01. The van der Waals surface area contributed by atoms with E-state index in [1.807, 2.05) is 63.8 Å². The Morgan fingerprint density at radius 2 is 1.47 bits per heavy atom. The summed E-state index contributed by atoms with van der Waals surface area (Å²) in [5.74, 6) is -0.511. The van der Waals surface area contributed by atoms with Crippen molar-refractivity contribution in [3.05, 3.63) is 82.2 Å². The molecular formula is C33H43ClN2O7. The minimum absolute atomic E-state index is 0.118. The Hall–Kier alpha value is -3.56. The van der Waals surface area contributed by atoms with Crippen molar-refractivity contribution in [1.82, 2.24) is 9.88 Å². The van der Waals surface area contributed by atoms with E-state index in [-0.39, 0.29) is 37.4 Å². The maximum absolute atomic E-state index is 13.2. The van der Waals surface area contributed by atoms with Crippen molar-refractivity contribution in [2.45, 2.75) is 78.7 Å². The van der Waals surface area contributed by atoms with Gasteiger partial charge in [0.05, 0.1) is 31.2 Å². The number of unbranched alkanes of at least 4 members (excludes halogenated alkanes) is 2. The first-order valence-electron chi connectivity index (χ1n) is 15.0. The first-order valence-corrected chi connectivity index (χ1v) is 15.4. The van der Waals surface area contributed by atoms with Gasteiger partial charge < -0.3 is 28.6 Å². The Morgan fingerprint density at radius 3 is 2.02 bits per heavy atom. The SMILES string of the molecule is CCCCOC(=O)OC1=C(COCCC)N(C(C)C)C(c2ccncc2)=C(OC(=O)OCCCC)C1c1ccccc1Cl. The molecule has 0 amide bonds. The first-order chi connectivity index (χ1) is 20.8. The molecule has 1 aromatic carbocycles. The lowest BCUT2D eigenvalue weighted by Crippen LogP contribution is -2.39. The summed E-state index contributed by atoms with van der Waals surface area (Å²) in [6.45, 7) is 11.0. The molecule has 1 aliphatic heterocycles. The Bertz CT molecular complexity index is 1260. The number of rotatable bonds is 15. The molecule has 0 bridgehead atoms. The van der Waals surface area contributed by atoms with Crippen LogP contribution in [0.25, 0.3) is 5.70 Å². The average molecular weight is 615 g/mol. The topological polar surface area (TPSA) is 96.4 Å². The van der Waals surface area contributed by atoms with E-state index in [0.717, 1.165) is 24.8 Å². The molecule has 10 heteroatoms. The third kappa shape index (κ3) is 9.21. The highest BCUT2D eigenvalue weighted by Crippen LogP contribution is 2.48. The summed E-state index contributed by atoms with van der Waals surface area (Å²) < 4.78 is 29.0. The van der Waals surface area contributed by atoms with E-state index in [9.17, 15) is 9.59 Å². The summed E-state index contributed by atoms with van der Waals surface area (Å²) >= 11 is 6.79. The van der Waals surface area contributed by atoms with Gasteiger partial charge in [-0.3, -0.25) is 4.98 Å². The molecule has 234 valence electrons. The zero-order valence-electron chi connectivity index (χ0n) is 25.8. The molecule has 2 aromatic rings. The van der Waals surface area contributed by atoms with Gasteiger partial charge in [0.1, 0.15) is 11.7 Å². The minimum atomic E-state index is -0.912. The molecule has 1 aromatic heterocycles. The smallest absolute Gasteiger partial charge is 0.434 e. The summed E-state index contributed by atoms with van der Waals surface area (Å²) in [5.41, 5.74) is 2.46. The first kappa shape index (κ1) is 33.9. The van der Waals surface area contributed by atoms with Gasteiger partial charge in [-0.15, -0.1) is 0 Å². The molecule has 43 heavy (non-hydrogen) atoms. The van der Waals surface area contributed by atoms with E-state index in [1.54, 1.807) is 24.5 Å². The van der Waals surface area contributed by atoms with Crippen molar-refractivity contribution in [3.8, 4) is 0 Å². The highest BCUT2D eigenvalue weighted by molar-refractivity contribution is 6.31. The molecule has 3 rings (SSSR count). The van der Waals surface area contributed by atoms with Crippen molar-refractivity contribution in [2.24, 2.45) is 0 Å². The van der Waals surface area contributed by atoms with E-state index in [0.29, 0.717) is 41.4 Å². The largest absolute Gasteiger partial charge is 0.513 e. The number of hydrogen-bond acceptors (Lipinski definition) is 9. The highest BCUT2D eigenvalue weighted by Gasteiger charge is 2.43. The normalized spacial score (nSPS) is 15.1. The number of benzene rings is 1. The van der Waals surface area contributed by atoms with Gasteiger partial charge in [0.2, 0.25) is 0 Å². The van der Waals surface area contributed by atoms with Crippen LogP contribution in [0.15, 0.2) is 66.0 Å². The second kappa shape index (κ2) is 17.5. The van der Waals surface area contributed by atoms with E-state index < -0.39 is 18.2 Å². The van der Waals surface area contributed by atoms with E-state index in [1.165, 1.54) is 0 Å². The Labute approximate surface area is 259 Å². The number of pyridine rings is 1. The quantitative estimate of drug-likeness (QED) is 0.144. The second-order valence-electron chi connectivity index (χ2n) is 10.3. The zero-order valence-corrected chi connectivity index (χ0v) is 26.5. The summed E-state index contributed by atoms with van der Waals surface area (Å²) in [6.07, 6.45) is 5.47. The molecule has 0 aliphatic carbocycles. The molecule has 0 spiro atoms. The van der Waals surface area contributed by atoms with Crippen molar-refractivity contribution in [3.63, 3.8) is 0 Å². The summed E-state index contributed by atoms with van der Waals surface area (Å²) in [7, 11) is 0. The van der Waals surface area contributed by atoms with Gasteiger partial charge in [-0.2, -0.15) is 0 Å². The molecule has 1 aliphatic rings. The van der Waals surface area contributed by atoms with Gasteiger partial charge in [-0.1, -0.05) is 63.4 Å². The fourth-order valence-corrected chi connectivity index (χ4v) is 4.91. The lowest BCUT2D eigenvalue weighted by atomic mass is 9.87. The fraction of sp³-hybridized carbons (Fsp3) is 0.485. The van der Waals surface area contributed by atoms with Gasteiger partial charge in [-0.05, 0) is 56.9 Å². The molecule has 1 unspecified atom stereocenters. The van der Waals surface area contributed by atoms with Crippen LogP contribution in [0.5, 0.6) is 0 Å². The maximum atomic E-state index is 13.2. The summed E-state index contributed by atoms with van der Waals surface area (Å²) in [6, 6.07) is 10.6. The summed E-state index contributed by atoms with van der Waals surface area (Å²) in [4.78, 5) is 32.5. The summed E-state index contributed by atoms with van der Waals surface area (Å²) in [5, 5.41) is 0.398.